The van der Waals surface area contributed by atoms with Gasteiger partial charge in [-0.3, -0.25) is 14.4 Å². The number of hydrogen-bond acceptors (Lipinski definition) is 5. The number of hydrogen-bond donors (Lipinski definition) is 0. The number of ether oxygens (including phenoxy) is 2. The SMILES string of the molecule is COC(=O)[C@H]1CC(=O)CC[C@H]1C(=O)OCc1ccccc1. The molecule has 1 aromatic rings. The molecule has 0 unspecified atom stereocenters. The maximum atomic E-state index is 12.2. The Morgan fingerprint density at radius 2 is 1.86 bits per heavy atom. The van der Waals surface area contributed by atoms with Crippen LogP contribution in [0.3, 0.4) is 0 Å². The third-order valence-corrected chi connectivity index (χ3v) is 3.70. The van der Waals surface area contributed by atoms with Crippen molar-refractivity contribution in [2.75, 3.05) is 7.11 Å². The number of carbonyl (C=O) groups excluding carboxylic acids is 3. The lowest BCUT2D eigenvalue weighted by Crippen LogP contribution is -2.37. The summed E-state index contributed by atoms with van der Waals surface area (Å²) >= 11 is 0. The summed E-state index contributed by atoms with van der Waals surface area (Å²) in [5.41, 5.74) is 0.882. The maximum absolute atomic E-state index is 12.2. The van der Waals surface area contributed by atoms with Crippen LogP contribution in [-0.2, 0) is 30.5 Å². The molecule has 2 rings (SSSR count). The van der Waals surface area contributed by atoms with Crippen LogP contribution in [0.25, 0.3) is 0 Å². The van der Waals surface area contributed by atoms with Crippen LogP contribution < -0.4 is 0 Å². The molecule has 0 N–H and O–H groups in total. The van der Waals surface area contributed by atoms with Crippen molar-refractivity contribution in [3.8, 4) is 0 Å². The second-order valence-corrected chi connectivity index (χ2v) is 5.11. The highest BCUT2D eigenvalue weighted by atomic mass is 16.5. The monoisotopic (exact) mass is 290 g/mol. The Morgan fingerprint density at radius 1 is 1.14 bits per heavy atom. The number of carbonyl (C=O) groups is 3. The molecule has 1 aliphatic carbocycles. The Morgan fingerprint density at radius 3 is 2.52 bits per heavy atom. The average Bonchev–Trinajstić information content (AvgIpc) is 2.52. The zero-order valence-corrected chi connectivity index (χ0v) is 11.9. The van der Waals surface area contributed by atoms with Crippen LogP contribution in [0.1, 0.15) is 24.8 Å². The summed E-state index contributed by atoms with van der Waals surface area (Å²) < 4.78 is 9.95. The van der Waals surface area contributed by atoms with E-state index in [1.165, 1.54) is 7.11 Å². The maximum Gasteiger partial charge on any atom is 0.310 e. The van der Waals surface area contributed by atoms with Gasteiger partial charge < -0.3 is 9.47 Å². The minimum atomic E-state index is -0.723. The van der Waals surface area contributed by atoms with Crippen molar-refractivity contribution in [1.29, 1.82) is 0 Å². The molecule has 1 aromatic carbocycles. The van der Waals surface area contributed by atoms with E-state index < -0.39 is 23.8 Å². The number of ketones is 1. The second-order valence-electron chi connectivity index (χ2n) is 5.11. The van der Waals surface area contributed by atoms with Gasteiger partial charge in [0.2, 0.25) is 0 Å². The van der Waals surface area contributed by atoms with Crippen LogP contribution >= 0.6 is 0 Å². The third kappa shape index (κ3) is 3.90. The van der Waals surface area contributed by atoms with Gasteiger partial charge in [0, 0.05) is 12.8 Å². The largest absolute Gasteiger partial charge is 0.469 e. The summed E-state index contributed by atoms with van der Waals surface area (Å²) in [6.07, 6.45) is 0.697. The predicted octanol–water partition coefficient (Wildman–Crippen LogP) is 1.89. The standard InChI is InChI=1S/C16H18O5/c1-20-15(18)14-9-12(17)7-8-13(14)16(19)21-10-11-5-3-2-4-6-11/h2-6,13-14H,7-10H2,1H3/t13-,14+/m1/s1. The van der Waals surface area contributed by atoms with Crippen molar-refractivity contribution in [2.24, 2.45) is 11.8 Å². The second kappa shape index (κ2) is 7.02. The number of rotatable bonds is 4. The Labute approximate surface area is 123 Å². The molecule has 21 heavy (non-hydrogen) atoms. The van der Waals surface area contributed by atoms with Crippen molar-refractivity contribution < 1.29 is 23.9 Å². The first-order valence-electron chi connectivity index (χ1n) is 6.92. The molecule has 2 atom stereocenters. The number of esters is 2. The van der Waals surface area contributed by atoms with E-state index in [2.05, 4.69) is 4.74 Å². The fourth-order valence-corrected chi connectivity index (χ4v) is 2.52. The number of methoxy groups -OCH3 is 1. The minimum Gasteiger partial charge on any atom is -0.469 e. The van der Waals surface area contributed by atoms with E-state index in [-0.39, 0.29) is 18.8 Å². The first-order chi connectivity index (χ1) is 10.1. The lowest BCUT2D eigenvalue weighted by Gasteiger charge is -2.27. The van der Waals surface area contributed by atoms with Gasteiger partial charge in [0.05, 0.1) is 18.9 Å². The summed E-state index contributed by atoms with van der Waals surface area (Å²) in [4.78, 5) is 35.4. The third-order valence-electron chi connectivity index (χ3n) is 3.70. The van der Waals surface area contributed by atoms with Crippen LogP contribution in [-0.4, -0.2) is 24.8 Å². The first kappa shape index (κ1) is 15.2. The van der Waals surface area contributed by atoms with E-state index in [1.807, 2.05) is 30.3 Å². The molecule has 0 radical (unpaired) electrons. The molecule has 0 aromatic heterocycles. The molecule has 0 saturated heterocycles. The van der Waals surface area contributed by atoms with E-state index in [0.29, 0.717) is 12.8 Å². The van der Waals surface area contributed by atoms with Crippen LogP contribution in [0, 0.1) is 11.8 Å². The normalized spacial score (nSPS) is 21.7. The fourth-order valence-electron chi connectivity index (χ4n) is 2.52. The van der Waals surface area contributed by atoms with Gasteiger partial charge in [-0.25, -0.2) is 0 Å². The van der Waals surface area contributed by atoms with Crippen molar-refractivity contribution in [2.45, 2.75) is 25.9 Å². The molecular formula is C16H18O5. The van der Waals surface area contributed by atoms with E-state index in [0.717, 1.165) is 5.56 Å². The molecular weight excluding hydrogens is 272 g/mol. The average molecular weight is 290 g/mol. The van der Waals surface area contributed by atoms with Crippen molar-refractivity contribution >= 4 is 17.7 Å². The molecule has 1 saturated carbocycles. The number of Topliss-reactive ketones (excluding diaryl/α,β-unsaturated/α-hetero) is 1. The Bertz CT molecular complexity index is 523. The topological polar surface area (TPSA) is 69.7 Å². The highest BCUT2D eigenvalue weighted by Gasteiger charge is 2.40. The molecule has 0 heterocycles. The fraction of sp³-hybridized carbons (Fsp3) is 0.438. The molecule has 0 bridgehead atoms. The smallest absolute Gasteiger partial charge is 0.310 e. The highest BCUT2D eigenvalue weighted by molar-refractivity contribution is 5.90. The lowest BCUT2D eigenvalue weighted by molar-refractivity contribution is -0.163. The quantitative estimate of drug-likeness (QED) is 0.792. The highest BCUT2D eigenvalue weighted by Crippen LogP contribution is 2.30. The first-order valence-corrected chi connectivity index (χ1v) is 6.92. The molecule has 0 spiro atoms. The molecule has 1 fully saturated rings. The summed E-state index contributed by atoms with van der Waals surface area (Å²) in [5, 5.41) is 0. The van der Waals surface area contributed by atoms with Crippen LogP contribution in [0.4, 0.5) is 0 Å². The van der Waals surface area contributed by atoms with E-state index in [1.54, 1.807) is 0 Å². The Kier molecular flexibility index (Phi) is 5.09. The molecule has 5 nitrogen and oxygen atoms in total. The van der Waals surface area contributed by atoms with Gasteiger partial charge in [0.15, 0.2) is 0 Å². The molecule has 112 valence electrons. The van der Waals surface area contributed by atoms with Gasteiger partial charge in [-0.1, -0.05) is 30.3 Å². The van der Waals surface area contributed by atoms with Crippen molar-refractivity contribution in [3.63, 3.8) is 0 Å². The van der Waals surface area contributed by atoms with Gasteiger partial charge in [-0.15, -0.1) is 0 Å². The number of benzene rings is 1. The lowest BCUT2D eigenvalue weighted by atomic mass is 9.78. The minimum absolute atomic E-state index is 0.0162. The van der Waals surface area contributed by atoms with Gasteiger partial charge in [-0.05, 0) is 12.0 Å². The zero-order valence-electron chi connectivity index (χ0n) is 11.9. The van der Waals surface area contributed by atoms with Crippen LogP contribution in [0.5, 0.6) is 0 Å². The van der Waals surface area contributed by atoms with E-state index in [4.69, 9.17) is 4.74 Å². The summed E-state index contributed by atoms with van der Waals surface area (Å²) in [6, 6.07) is 9.32. The Balaban J connectivity index is 1.99. The van der Waals surface area contributed by atoms with E-state index >= 15 is 0 Å². The van der Waals surface area contributed by atoms with Crippen LogP contribution in [0.2, 0.25) is 0 Å². The van der Waals surface area contributed by atoms with E-state index in [9.17, 15) is 14.4 Å². The molecule has 5 heteroatoms. The summed E-state index contributed by atoms with van der Waals surface area (Å²) in [7, 11) is 1.26. The van der Waals surface area contributed by atoms with Gasteiger partial charge in [0.25, 0.3) is 0 Å². The van der Waals surface area contributed by atoms with Gasteiger partial charge in [-0.2, -0.15) is 0 Å². The van der Waals surface area contributed by atoms with Crippen molar-refractivity contribution in [3.05, 3.63) is 35.9 Å². The molecule has 0 amide bonds. The predicted molar refractivity (Wildman–Crippen MR) is 74.1 cm³/mol. The molecule has 1 aliphatic rings. The van der Waals surface area contributed by atoms with Crippen LogP contribution in [0.15, 0.2) is 30.3 Å². The van der Waals surface area contributed by atoms with Gasteiger partial charge >= 0.3 is 11.9 Å². The Hall–Kier alpha value is -2.17. The van der Waals surface area contributed by atoms with Crippen molar-refractivity contribution in [1.82, 2.24) is 0 Å². The van der Waals surface area contributed by atoms with Gasteiger partial charge in [0.1, 0.15) is 12.4 Å². The summed E-state index contributed by atoms with van der Waals surface area (Å²) in [6.45, 7) is 0.165. The zero-order chi connectivity index (χ0) is 15.2. The molecule has 0 aliphatic heterocycles. The summed E-state index contributed by atoms with van der Waals surface area (Å²) in [5.74, 6) is -2.30.